The Morgan fingerprint density at radius 3 is 2.32 bits per heavy atom. The van der Waals surface area contributed by atoms with E-state index in [4.69, 9.17) is 5.11 Å². The van der Waals surface area contributed by atoms with E-state index in [1.165, 1.54) is 49.7 Å². The predicted octanol–water partition coefficient (Wildman–Crippen LogP) is 2.24. The number of halogens is 1. The van der Waals surface area contributed by atoms with Gasteiger partial charge < -0.3 is 10.0 Å². The number of likely N-dealkylation sites (N-methyl/N-ethyl adjacent to an activating group) is 1. The maximum Gasteiger partial charge on any atom is 0.329 e. The monoisotopic (exact) mass is 285 g/mol. The van der Waals surface area contributed by atoms with Crippen molar-refractivity contribution in [2.45, 2.75) is 24.3 Å². The Labute approximate surface area is 115 Å². The minimum absolute atomic E-state index is 0.110. The number of carbonyl (C=O) groups excluding carboxylic acids is 1. The standard InChI is InChI=1S/C13H16FNO3S/c1-13(2,12(17)18)15(3)11(16)8-19-10-6-4-9(14)5-7-10/h4-7H,8H2,1-3H3,(H,17,18). The highest BCUT2D eigenvalue weighted by molar-refractivity contribution is 8.00. The van der Waals surface area contributed by atoms with Gasteiger partial charge in [-0.2, -0.15) is 0 Å². The highest BCUT2D eigenvalue weighted by atomic mass is 32.2. The van der Waals surface area contributed by atoms with E-state index < -0.39 is 11.5 Å². The van der Waals surface area contributed by atoms with Crippen LogP contribution in [0.25, 0.3) is 0 Å². The summed E-state index contributed by atoms with van der Waals surface area (Å²) in [5.74, 6) is -1.57. The van der Waals surface area contributed by atoms with E-state index in [1.807, 2.05) is 0 Å². The van der Waals surface area contributed by atoms with Gasteiger partial charge in [0.1, 0.15) is 11.4 Å². The minimum Gasteiger partial charge on any atom is -0.480 e. The average molecular weight is 285 g/mol. The first-order chi connectivity index (χ1) is 8.75. The number of carboxylic acids is 1. The second-order valence-electron chi connectivity index (χ2n) is 4.56. The molecule has 0 heterocycles. The van der Waals surface area contributed by atoms with E-state index in [2.05, 4.69) is 0 Å². The first-order valence-electron chi connectivity index (χ1n) is 5.63. The summed E-state index contributed by atoms with van der Waals surface area (Å²) in [5.41, 5.74) is -1.25. The molecule has 0 aliphatic heterocycles. The van der Waals surface area contributed by atoms with Crippen molar-refractivity contribution < 1.29 is 19.1 Å². The molecule has 0 unspecified atom stereocenters. The topological polar surface area (TPSA) is 57.6 Å². The molecule has 0 atom stereocenters. The number of carbonyl (C=O) groups is 2. The van der Waals surface area contributed by atoms with Crippen LogP contribution in [0.15, 0.2) is 29.2 Å². The van der Waals surface area contributed by atoms with Crippen molar-refractivity contribution in [2.24, 2.45) is 0 Å². The molecular weight excluding hydrogens is 269 g/mol. The molecule has 1 aromatic carbocycles. The number of rotatable bonds is 5. The van der Waals surface area contributed by atoms with Crippen LogP contribution in [0.5, 0.6) is 0 Å². The molecule has 1 N–H and O–H groups in total. The zero-order chi connectivity index (χ0) is 14.6. The quantitative estimate of drug-likeness (QED) is 0.843. The van der Waals surface area contributed by atoms with Gasteiger partial charge in [0.25, 0.3) is 0 Å². The van der Waals surface area contributed by atoms with E-state index in [1.54, 1.807) is 12.1 Å². The fourth-order valence-corrected chi connectivity index (χ4v) is 2.04. The molecule has 0 fully saturated rings. The molecule has 0 saturated carbocycles. The molecule has 0 aromatic heterocycles. The van der Waals surface area contributed by atoms with Crippen LogP contribution in [0.4, 0.5) is 4.39 Å². The van der Waals surface area contributed by atoms with Gasteiger partial charge in [-0.1, -0.05) is 0 Å². The first kappa shape index (κ1) is 15.5. The number of hydrogen-bond donors (Lipinski definition) is 1. The largest absolute Gasteiger partial charge is 0.480 e. The Morgan fingerprint density at radius 1 is 1.32 bits per heavy atom. The average Bonchev–Trinajstić information content (AvgIpc) is 2.36. The summed E-state index contributed by atoms with van der Waals surface area (Å²) < 4.78 is 12.7. The van der Waals surface area contributed by atoms with Crippen molar-refractivity contribution in [3.05, 3.63) is 30.1 Å². The molecule has 1 aromatic rings. The van der Waals surface area contributed by atoms with E-state index in [0.717, 1.165) is 4.90 Å². The van der Waals surface area contributed by atoms with E-state index in [9.17, 15) is 14.0 Å². The summed E-state index contributed by atoms with van der Waals surface area (Å²) in [6.07, 6.45) is 0. The van der Waals surface area contributed by atoms with Crippen LogP contribution in [-0.2, 0) is 9.59 Å². The summed E-state index contributed by atoms with van der Waals surface area (Å²) in [5, 5.41) is 9.03. The van der Waals surface area contributed by atoms with Gasteiger partial charge in [-0.15, -0.1) is 11.8 Å². The Balaban J connectivity index is 2.61. The Bertz CT molecular complexity index is 473. The lowest BCUT2D eigenvalue weighted by Gasteiger charge is -2.31. The third kappa shape index (κ3) is 3.96. The predicted molar refractivity (Wildman–Crippen MR) is 71.6 cm³/mol. The molecule has 0 aliphatic rings. The lowest BCUT2D eigenvalue weighted by atomic mass is 10.0. The van der Waals surface area contributed by atoms with Gasteiger partial charge >= 0.3 is 5.97 Å². The van der Waals surface area contributed by atoms with Crippen LogP contribution in [0.2, 0.25) is 0 Å². The van der Waals surface area contributed by atoms with Gasteiger partial charge in [0.05, 0.1) is 5.75 Å². The molecule has 0 radical (unpaired) electrons. The zero-order valence-corrected chi connectivity index (χ0v) is 11.8. The Morgan fingerprint density at radius 2 is 1.84 bits per heavy atom. The molecule has 19 heavy (non-hydrogen) atoms. The third-order valence-corrected chi connectivity index (χ3v) is 3.91. The SMILES string of the molecule is CN(C(=O)CSc1ccc(F)cc1)C(C)(C)C(=O)O. The summed E-state index contributed by atoms with van der Waals surface area (Å²) in [7, 11) is 1.46. The molecule has 1 rings (SSSR count). The van der Waals surface area contributed by atoms with Crippen molar-refractivity contribution in [1.29, 1.82) is 0 Å². The number of thioether (sulfide) groups is 1. The fraction of sp³-hybridized carbons (Fsp3) is 0.385. The maximum absolute atomic E-state index is 12.7. The van der Waals surface area contributed by atoms with E-state index in [0.29, 0.717) is 0 Å². The van der Waals surface area contributed by atoms with Gasteiger partial charge in [0, 0.05) is 11.9 Å². The molecule has 6 heteroatoms. The van der Waals surface area contributed by atoms with Crippen LogP contribution in [0.1, 0.15) is 13.8 Å². The first-order valence-corrected chi connectivity index (χ1v) is 6.62. The van der Waals surface area contributed by atoms with E-state index in [-0.39, 0.29) is 17.5 Å². The van der Waals surface area contributed by atoms with Crippen molar-refractivity contribution >= 4 is 23.6 Å². The van der Waals surface area contributed by atoms with Crippen molar-refractivity contribution in [2.75, 3.05) is 12.8 Å². The Hall–Kier alpha value is -1.56. The number of amides is 1. The summed E-state index contributed by atoms with van der Waals surface area (Å²) >= 11 is 1.24. The van der Waals surface area contributed by atoms with Crippen molar-refractivity contribution in [3.8, 4) is 0 Å². The van der Waals surface area contributed by atoms with Gasteiger partial charge in [-0.05, 0) is 38.1 Å². The Kier molecular flexibility index (Phi) is 4.94. The van der Waals surface area contributed by atoms with Crippen LogP contribution in [0.3, 0.4) is 0 Å². The molecular formula is C13H16FNO3S. The van der Waals surface area contributed by atoms with Crippen LogP contribution >= 0.6 is 11.8 Å². The molecule has 104 valence electrons. The zero-order valence-electron chi connectivity index (χ0n) is 11.0. The van der Waals surface area contributed by atoms with E-state index >= 15 is 0 Å². The van der Waals surface area contributed by atoms with Gasteiger partial charge in [-0.3, -0.25) is 4.79 Å². The number of aliphatic carboxylic acids is 1. The van der Waals surface area contributed by atoms with Gasteiger partial charge in [0.15, 0.2) is 0 Å². The fourth-order valence-electron chi connectivity index (χ4n) is 1.23. The summed E-state index contributed by atoms with van der Waals surface area (Å²) in [6.45, 7) is 2.94. The van der Waals surface area contributed by atoms with Gasteiger partial charge in [0.2, 0.25) is 5.91 Å². The molecule has 4 nitrogen and oxygen atoms in total. The highest BCUT2D eigenvalue weighted by Crippen LogP contribution is 2.20. The number of benzene rings is 1. The molecule has 0 saturated heterocycles. The van der Waals surface area contributed by atoms with Gasteiger partial charge in [-0.25, -0.2) is 9.18 Å². The number of carboxylic acid groups (broad SMARTS) is 1. The molecule has 0 aliphatic carbocycles. The number of nitrogens with zero attached hydrogens (tertiary/aromatic N) is 1. The highest BCUT2D eigenvalue weighted by Gasteiger charge is 2.34. The lowest BCUT2D eigenvalue weighted by Crippen LogP contribution is -2.51. The summed E-state index contributed by atoms with van der Waals surface area (Å²) in [4.78, 5) is 24.9. The minimum atomic E-state index is -1.25. The number of hydrogen-bond acceptors (Lipinski definition) is 3. The smallest absolute Gasteiger partial charge is 0.329 e. The van der Waals surface area contributed by atoms with Crippen molar-refractivity contribution in [3.63, 3.8) is 0 Å². The van der Waals surface area contributed by atoms with Crippen molar-refractivity contribution in [1.82, 2.24) is 4.90 Å². The van der Waals surface area contributed by atoms with Crippen LogP contribution in [-0.4, -0.2) is 40.2 Å². The summed E-state index contributed by atoms with van der Waals surface area (Å²) in [6, 6.07) is 5.79. The maximum atomic E-state index is 12.7. The lowest BCUT2D eigenvalue weighted by molar-refractivity contribution is -0.154. The molecule has 0 spiro atoms. The van der Waals surface area contributed by atoms with Crippen LogP contribution < -0.4 is 0 Å². The second kappa shape index (κ2) is 6.06. The molecule has 0 bridgehead atoms. The second-order valence-corrected chi connectivity index (χ2v) is 5.61. The third-order valence-electron chi connectivity index (χ3n) is 2.91. The molecule has 1 amide bonds. The van der Waals surface area contributed by atoms with Crippen LogP contribution in [0, 0.1) is 5.82 Å². The normalized spacial score (nSPS) is 11.2.